The van der Waals surface area contributed by atoms with Gasteiger partial charge in [0, 0.05) is 16.6 Å². The minimum Gasteiger partial charge on any atom is -0.467 e. The van der Waals surface area contributed by atoms with Crippen LogP contribution in [0.4, 0.5) is 10.1 Å². The van der Waals surface area contributed by atoms with Gasteiger partial charge in [-0.15, -0.1) is 0 Å². The molecule has 0 bridgehead atoms. The highest BCUT2D eigenvalue weighted by atomic mass is 32.1. The Balaban J connectivity index is 1.66. The van der Waals surface area contributed by atoms with E-state index in [0.29, 0.717) is 28.7 Å². The molecule has 31 heavy (non-hydrogen) atoms. The first-order valence-corrected chi connectivity index (χ1v) is 10.3. The molecule has 0 atom stereocenters. The summed E-state index contributed by atoms with van der Waals surface area (Å²) in [6.45, 7) is 4.66. The van der Waals surface area contributed by atoms with Crippen LogP contribution in [0, 0.1) is 19.7 Å². The number of aryl methyl sites for hydroxylation is 2. The van der Waals surface area contributed by atoms with E-state index < -0.39 is 0 Å². The first-order chi connectivity index (χ1) is 14.9. The summed E-state index contributed by atoms with van der Waals surface area (Å²) in [5.74, 6) is 0.393. The molecule has 0 aliphatic heterocycles. The highest BCUT2D eigenvalue weighted by Crippen LogP contribution is 2.21. The van der Waals surface area contributed by atoms with E-state index in [2.05, 4.69) is 10.3 Å². The summed E-state index contributed by atoms with van der Waals surface area (Å²) in [4.78, 5) is 17.7. The number of H-pyrrole nitrogens is 1. The van der Waals surface area contributed by atoms with Crippen molar-refractivity contribution in [2.45, 2.75) is 26.9 Å². The van der Waals surface area contributed by atoms with Crippen LogP contribution in [-0.2, 0) is 13.1 Å². The molecule has 4 rings (SSSR count). The third-order valence-electron chi connectivity index (χ3n) is 5.19. The van der Waals surface area contributed by atoms with Crippen molar-refractivity contribution in [3.05, 3.63) is 99.5 Å². The fraction of sp³-hybridized carbons (Fsp3) is 0.167. The Labute approximate surface area is 184 Å². The van der Waals surface area contributed by atoms with Crippen LogP contribution in [-0.4, -0.2) is 15.0 Å². The fourth-order valence-electron chi connectivity index (χ4n) is 3.47. The lowest BCUT2D eigenvalue weighted by atomic mass is 10.0. The van der Waals surface area contributed by atoms with Crippen LogP contribution in [0.1, 0.15) is 22.5 Å². The molecular formula is C24H22FN3O2S. The van der Waals surface area contributed by atoms with Crippen molar-refractivity contribution >= 4 is 33.9 Å². The number of aromatic amines is 1. The van der Waals surface area contributed by atoms with E-state index in [1.807, 2.05) is 43.0 Å². The lowest BCUT2D eigenvalue weighted by molar-refractivity contribution is 0.359. The molecule has 0 saturated carbocycles. The number of nitrogens with zero attached hydrogens (tertiary/aromatic N) is 1. The molecule has 0 fully saturated rings. The zero-order valence-corrected chi connectivity index (χ0v) is 18.1. The van der Waals surface area contributed by atoms with Gasteiger partial charge in [-0.2, -0.15) is 0 Å². The topological polar surface area (TPSA) is 61.3 Å². The van der Waals surface area contributed by atoms with Crippen molar-refractivity contribution in [2.24, 2.45) is 0 Å². The molecule has 2 aromatic carbocycles. The molecule has 0 amide bonds. The van der Waals surface area contributed by atoms with Gasteiger partial charge in [0.15, 0.2) is 5.11 Å². The second-order valence-electron chi connectivity index (χ2n) is 7.48. The van der Waals surface area contributed by atoms with Gasteiger partial charge in [-0.3, -0.25) is 4.79 Å². The van der Waals surface area contributed by atoms with Crippen LogP contribution in [0.3, 0.4) is 0 Å². The van der Waals surface area contributed by atoms with Gasteiger partial charge >= 0.3 is 0 Å². The number of anilines is 1. The van der Waals surface area contributed by atoms with E-state index in [0.717, 1.165) is 22.0 Å². The van der Waals surface area contributed by atoms with Crippen LogP contribution in [0.25, 0.3) is 10.9 Å². The highest BCUT2D eigenvalue weighted by Gasteiger charge is 2.16. The minimum absolute atomic E-state index is 0.157. The number of fused-ring (bicyclic) bond motifs is 1. The Morgan fingerprint density at radius 1 is 1.10 bits per heavy atom. The third-order valence-corrected chi connectivity index (χ3v) is 5.55. The van der Waals surface area contributed by atoms with Crippen LogP contribution >= 0.6 is 12.2 Å². The quantitative estimate of drug-likeness (QED) is 0.418. The highest BCUT2D eigenvalue weighted by molar-refractivity contribution is 7.80. The molecule has 5 nitrogen and oxygen atoms in total. The second-order valence-corrected chi connectivity index (χ2v) is 7.87. The van der Waals surface area contributed by atoms with Gasteiger partial charge in [-0.25, -0.2) is 4.39 Å². The lowest BCUT2D eigenvalue weighted by Crippen LogP contribution is -2.35. The number of rotatable bonds is 5. The number of benzene rings is 2. The normalized spacial score (nSPS) is 10.9. The summed E-state index contributed by atoms with van der Waals surface area (Å²) >= 11 is 5.62. The summed E-state index contributed by atoms with van der Waals surface area (Å²) in [5, 5.41) is 4.53. The van der Waals surface area contributed by atoms with Gasteiger partial charge in [-0.1, -0.05) is 12.1 Å². The van der Waals surface area contributed by atoms with E-state index in [1.54, 1.807) is 24.5 Å². The maximum atomic E-state index is 13.2. The van der Waals surface area contributed by atoms with Gasteiger partial charge < -0.3 is 19.6 Å². The summed E-state index contributed by atoms with van der Waals surface area (Å²) < 4.78 is 18.7. The van der Waals surface area contributed by atoms with Gasteiger partial charge in [0.05, 0.1) is 24.9 Å². The Morgan fingerprint density at radius 3 is 2.55 bits per heavy atom. The molecule has 158 valence electrons. The molecule has 4 aromatic rings. The van der Waals surface area contributed by atoms with Crippen molar-refractivity contribution in [1.82, 2.24) is 9.88 Å². The van der Waals surface area contributed by atoms with Gasteiger partial charge in [0.25, 0.3) is 5.56 Å². The molecule has 0 spiro atoms. The Bertz CT molecular complexity index is 1280. The smallest absolute Gasteiger partial charge is 0.253 e. The maximum absolute atomic E-state index is 13.2. The van der Waals surface area contributed by atoms with E-state index in [9.17, 15) is 9.18 Å². The maximum Gasteiger partial charge on any atom is 0.253 e. The molecule has 7 heteroatoms. The molecule has 2 N–H and O–H groups in total. The van der Waals surface area contributed by atoms with Gasteiger partial charge in [0.1, 0.15) is 11.6 Å². The number of hydrogen-bond donors (Lipinski definition) is 2. The second kappa shape index (κ2) is 8.73. The Morgan fingerprint density at radius 2 is 1.84 bits per heavy atom. The average molecular weight is 436 g/mol. The first-order valence-electron chi connectivity index (χ1n) is 9.86. The molecule has 0 unspecified atom stereocenters. The standard InChI is InChI=1S/C24H22FN3O2S/c1-15-5-6-16(2)22-21(15)12-17(23(29)27-22)13-28(14-20-4-3-11-30-20)24(31)26-19-9-7-18(25)8-10-19/h3-12H,13-14H2,1-2H3,(H,26,31)(H,27,29). The molecule has 0 saturated heterocycles. The SMILES string of the molecule is Cc1ccc(C)c2[nH]c(=O)c(CN(Cc3ccco3)C(=S)Nc3ccc(F)cc3)cc12. The number of thiocarbonyl (C=S) groups is 1. The minimum atomic E-state index is -0.322. The Kier molecular flexibility index (Phi) is 5.86. The molecule has 0 radical (unpaired) electrons. The van der Waals surface area contributed by atoms with Crippen molar-refractivity contribution < 1.29 is 8.81 Å². The molecule has 2 heterocycles. The monoisotopic (exact) mass is 435 g/mol. The first kappa shape index (κ1) is 20.8. The van der Waals surface area contributed by atoms with E-state index in [-0.39, 0.29) is 17.9 Å². The molecule has 0 aliphatic rings. The number of pyridine rings is 1. The largest absolute Gasteiger partial charge is 0.467 e. The Hall–Kier alpha value is -3.45. The van der Waals surface area contributed by atoms with Crippen LogP contribution in [0.2, 0.25) is 0 Å². The van der Waals surface area contributed by atoms with Crippen LogP contribution in [0.15, 0.2) is 70.1 Å². The zero-order chi connectivity index (χ0) is 22.0. The number of furan rings is 1. The number of halogens is 1. The van der Waals surface area contributed by atoms with Crippen LogP contribution < -0.4 is 10.9 Å². The van der Waals surface area contributed by atoms with E-state index in [4.69, 9.17) is 16.6 Å². The number of nitrogens with one attached hydrogen (secondary N) is 2. The molecule has 2 aromatic heterocycles. The number of hydrogen-bond acceptors (Lipinski definition) is 3. The molecular weight excluding hydrogens is 413 g/mol. The third kappa shape index (κ3) is 4.67. The van der Waals surface area contributed by atoms with Crippen LogP contribution in [0.5, 0.6) is 0 Å². The summed E-state index contributed by atoms with van der Waals surface area (Å²) in [7, 11) is 0. The summed E-state index contributed by atoms with van der Waals surface area (Å²) in [6, 6.07) is 15.6. The van der Waals surface area contributed by atoms with Crippen molar-refractivity contribution in [3.63, 3.8) is 0 Å². The summed E-state index contributed by atoms with van der Waals surface area (Å²) in [5.41, 5.74) is 4.05. The average Bonchev–Trinajstić information content (AvgIpc) is 3.26. The van der Waals surface area contributed by atoms with Crippen molar-refractivity contribution in [2.75, 3.05) is 5.32 Å². The predicted octanol–water partition coefficient (Wildman–Crippen LogP) is 5.28. The van der Waals surface area contributed by atoms with Crippen molar-refractivity contribution in [3.8, 4) is 0 Å². The summed E-state index contributed by atoms with van der Waals surface area (Å²) in [6.07, 6.45) is 1.60. The lowest BCUT2D eigenvalue weighted by Gasteiger charge is -2.25. The van der Waals surface area contributed by atoms with E-state index >= 15 is 0 Å². The van der Waals surface area contributed by atoms with Gasteiger partial charge in [-0.05, 0) is 79.7 Å². The van der Waals surface area contributed by atoms with Gasteiger partial charge in [0.2, 0.25) is 0 Å². The molecule has 0 aliphatic carbocycles. The number of aromatic nitrogens is 1. The predicted molar refractivity (Wildman–Crippen MR) is 125 cm³/mol. The zero-order valence-electron chi connectivity index (χ0n) is 17.2. The van der Waals surface area contributed by atoms with E-state index in [1.165, 1.54) is 12.1 Å². The van der Waals surface area contributed by atoms with Crippen molar-refractivity contribution in [1.29, 1.82) is 0 Å². The fourth-order valence-corrected chi connectivity index (χ4v) is 3.71.